The fourth-order valence-electron chi connectivity index (χ4n) is 1.74. The van der Waals surface area contributed by atoms with Crippen molar-refractivity contribution in [1.29, 1.82) is 0 Å². The SMILES string of the molecule is COCC(C)Cc1nc(-c2cccc(O)c2)no1. The van der Waals surface area contributed by atoms with Crippen LogP contribution in [0, 0.1) is 5.92 Å². The van der Waals surface area contributed by atoms with Gasteiger partial charge in [-0.2, -0.15) is 4.98 Å². The zero-order chi connectivity index (χ0) is 13.0. The van der Waals surface area contributed by atoms with Crippen molar-refractivity contribution < 1.29 is 14.4 Å². The van der Waals surface area contributed by atoms with Gasteiger partial charge in [-0.3, -0.25) is 0 Å². The molecule has 0 saturated heterocycles. The van der Waals surface area contributed by atoms with Crippen molar-refractivity contribution >= 4 is 0 Å². The maximum absolute atomic E-state index is 9.39. The Morgan fingerprint density at radius 3 is 3.00 bits per heavy atom. The van der Waals surface area contributed by atoms with Crippen molar-refractivity contribution in [3.63, 3.8) is 0 Å². The maximum atomic E-state index is 9.39. The molecule has 2 rings (SSSR count). The molecule has 1 unspecified atom stereocenters. The lowest BCUT2D eigenvalue weighted by molar-refractivity contribution is 0.155. The number of hydrogen-bond acceptors (Lipinski definition) is 5. The molecule has 18 heavy (non-hydrogen) atoms. The lowest BCUT2D eigenvalue weighted by atomic mass is 10.1. The summed E-state index contributed by atoms with van der Waals surface area (Å²) in [5, 5.41) is 13.3. The second-order valence-electron chi connectivity index (χ2n) is 4.33. The Morgan fingerprint density at radius 2 is 2.28 bits per heavy atom. The predicted molar refractivity (Wildman–Crippen MR) is 66.1 cm³/mol. The van der Waals surface area contributed by atoms with Crippen molar-refractivity contribution in [2.45, 2.75) is 13.3 Å². The largest absolute Gasteiger partial charge is 0.508 e. The van der Waals surface area contributed by atoms with Gasteiger partial charge in [-0.1, -0.05) is 24.2 Å². The average Bonchev–Trinajstić information content (AvgIpc) is 2.78. The molecule has 0 aliphatic rings. The summed E-state index contributed by atoms with van der Waals surface area (Å²) in [7, 11) is 1.67. The zero-order valence-corrected chi connectivity index (χ0v) is 10.5. The number of benzene rings is 1. The minimum absolute atomic E-state index is 0.187. The van der Waals surface area contributed by atoms with Crippen molar-refractivity contribution in [1.82, 2.24) is 10.1 Å². The average molecular weight is 248 g/mol. The first-order valence-electron chi connectivity index (χ1n) is 5.80. The van der Waals surface area contributed by atoms with E-state index in [1.165, 1.54) is 0 Å². The number of rotatable bonds is 5. The first-order valence-corrected chi connectivity index (χ1v) is 5.80. The van der Waals surface area contributed by atoms with Crippen LogP contribution in [-0.2, 0) is 11.2 Å². The van der Waals surface area contributed by atoms with Gasteiger partial charge in [0.25, 0.3) is 0 Å². The number of phenols is 1. The Kier molecular flexibility index (Phi) is 3.94. The number of hydrogen-bond donors (Lipinski definition) is 1. The third kappa shape index (κ3) is 3.07. The Bertz CT molecular complexity index is 510. The summed E-state index contributed by atoms with van der Waals surface area (Å²) < 4.78 is 10.2. The predicted octanol–water partition coefficient (Wildman–Crippen LogP) is 2.27. The highest BCUT2D eigenvalue weighted by Crippen LogP contribution is 2.21. The maximum Gasteiger partial charge on any atom is 0.227 e. The van der Waals surface area contributed by atoms with E-state index in [4.69, 9.17) is 9.26 Å². The van der Waals surface area contributed by atoms with E-state index >= 15 is 0 Å². The highest BCUT2D eigenvalue weighted by molar-refractivity contribution is 5.56. The summed E-state index contributed by atoms with van der Waals surface area (Å²) in [6.45, 7) is 2.71. The monoisotopic (exact) mass is 248 g/mol. The molecule has 0 spiro atoms. The minimum atomic E-state index is 0.187. The number of phenolic OH excluding ortho intramolecular Hbond substituents is 1. The molecule has 0 fully saturated rings. The quantitative estimate of drug-likeness (QED) is 0.879. The number of methoxy groups -OCH3 is 1. The van der Waals surface area contributed by atoms with Crippen LogP contribution in [0.4, 0.5) is 0 Å². The van der Waals surface area contributed by atoms with Crippen LogP contribution in [0.3, 0.4) is 0 Å². The lowest BCUT2D eigenvalue weighted by Gasteiger charge is -2.05. The van der Waals surface area contributed by atoms with Crippen LogP contribution in [0.25, 0.3) is 11.4 Å². The van der Waals surface area contributed by atoms with Crippen molar-refractivity contribution in [2.24, 2.45) is 5.92 Å². The first kappa shape index (κ1) is 12.6. The van der Waals surface area contributed by atoms with Crippen LogP contribution < -0.4 is 0 Å². The van der Waals surface area contributed by atoms with E-state index in [-0.39, 0.29) is 5.75 Å². The Labute approximate surface area is 105 Å². The van der Waals surface area contributed by atoms with E-state index in [9.17, 15) is 5.11 Å². The summed E-state index contributed by atoms with van der Waals surface area (Å²) in [6.07, 6.45) is 0.680. The summed E-state index contributed by atoms with van der Waals surface area (Å²) in [6, 6.07) is 6.78. The van der Waals surface area contributed by atoms with Crippen molar-refractivity contribution in [3.05, 3.63) is 30.2 Å². The fourth-order valence-corrected chi connectivity index (χ4v) is 1.74. The van der Waals surface area contributed by atoms with Crippen LogP contribution in [-0.4, -0.2) is 29.0 Å². The van der Waals surface area contributed by atoms with Gasteiger partial charge in [0, 0.05) is 25.7 Å². The van der Waals surface area contributed by atoms with Crippen LogP contribution in [0.5, 0.6) is 5.75 Å². The Balaban J connectivity index is 2.10. The van der Waals surface area contributed by atoms with Gasteiger partial charge in [0.2, 0.25) is 11.7 Å². The van der Waals surface area contributed by atoms with Crippen LogP contribution in [0.1, 0.15) is 12.8 Å². The number of nitrogens with zero attached hydrogens (tertiary/aromatic N) is 2. The van der Waals surface area contributed by atoms with Crippen LogP contribution in [0.2, 0.25) is 0 Å². The van der Waals surface area contributed by atoms with E-state index in [0.29, 0.717) is 30.7 Å². The van der Waals surface area contributed by atoms with E-state index in [1.54, 1.807) is 25.3 Å². The van der Waals surface area contributed by atoms with E-state index < -0.39 is 0 Å². The molecule has 1 aromatic heterocycles. The molecule has 5 nitrogen and oxygen atoms in total. The first-order chi connectivity index (χ1) is 8.69. The molecule has 1 heterocycles. The normalized spacial score (nSPS) is 12.6. The molecular weight excluding hydrogens is 232 g/mol. The standard InChI is InChI=1S/C13H16N2O3/c1-9(8-17-2)6-12-14-13(15-18-12)10-4-3-5-11(16)7-10/h3-5,7,9,16H,6,8H2,1-2H3. The number of aromatic nitrogens is 2. The number of aromatic hydroxyl groups is 1. The van der Waals surface area contributed by atoms with E-state index in [2.05, 4.69) is 17.1 Å². The fraction of sp³-hybridized carbons (Fsp3) is 0.385. The molecular formula is C13H16N2O3. The van der Waals surface area contributed by atoms with Crippen molar-refractivity contribution in [3.8, 4) is 17.1 Å². The van der Waals surface area contributed by atoms with E-state index in [1.807, 2.05) is 6.07 Å². The molecule has 0 aliphatic carbocycles. The second-order valence-corrected chi connectivity index (χ2v) is 4.33. The molecule has 0 aliphatic heterocycles. The molecule has 0 saturated carbocycles. The lowest BCUT2D eigenvalue weighted by Crippen LogP contribution is -2.07. The zero-order valence-electron chi connectivity index (χ0n) is 10.5. The highest BCUT2D eigenvalue weighted by Gasteiger charge is 2.12. The molecule has 5 heteroatoms. The summed E-state index contributed by atoms with van der Waals surface area (Å²) in [5.41, 5.74) is 0.740. The second kappa shape index (κ2) is 5.64. The third-order valence-electron chi connectivity index (χ3n) is 2.55. The molecule has 0 amide bonds. The molecule has 0 bridgehead atoms. The molecule has 1 aromatic carbocycles. The Morgan fingerprint density at radius 1 is 1.44 bits per heavy atom. The molecule has 1 N–H and O–H groups in total. The molecule has 96 valence electrons. The summed E-state index contributed by atoms with van der Waals surface area (Å²) >= 11 is 0. The number of ether oxygens (including phenoxy) is 1. The third-order valence-corrected chi connectivity index (χ3v) is 2.55. The molecule has 0 radical (unpaired) electrons. The summed E-state index contributed by atoms with van der Waals surface area (Å²) in [5.74, 6) is 1.59. The van der Waals surface area contributed by atoms with Crippen LogP contribution >= 0.6 is 0 Å². The topological polar surface area (TPSA) is 68.4 Å². The van der Waals surface area contributed by atoms with E-state index in [0.717, 1.165) is 5.56 Å². The van der Waals surface area contributed by atoms with Gasteiger partial charge < -0.3 is 14.4 Å². The van der Waals surface area contributed by atoms with Gasteiger partial charge in [-0.05, 0) is 18.1 Å². The van der Waals surface area contributed by atoms with Gasteiger partial charge >= 0.3 is 0 Å². The smallest absolute Gasteiger partial charge is 0.227 e. The molecule has 2 aromatic rings. The summed E-state index contributed by atoms with van der Waals surface area (Å²) in [4.78, 5) is 4.30. The van der Waals surface area contributed by atoms with Gasteiger partial charge in [-0.25, -0.2) is 0 Å². The highest BCUT2D eigenvalue weighted by atomic mass is 16.5. The molecule has 1 atom stereocenters. The van der Waals surface area contributed by atoms with Gasteiger partial charge in [0.15, 0.2) is 0 Å². The Hall–Kier alpha value is -1.88. The van der Waals surface area contributed by atoms with Gasteiger partial charge in [-0.15, -0.1) is 0 Å². The van der Waals surface area contributed by atoms with Gasteiger partial charge in [0.1, 0.15) is 5.75 Å². The van der Waals surface area contributed by atoms with Crippen molar-refractivity contribution in [2.75, 3.05) is 13.7 Å². The van der Waals surface area contributed by atoms with Crippen LogP contribution in [0.15, 0.2) is 28.8 Å². The minimum Gasteiger partial charge on any atom is -0.508 e. The van der Waals surface area contributed by atoms with Gasteiger partial charge in [0.05, 0.1) is 0 Å².